The predicted octanol–water partition coefficient (Wildman–Crippen LogP) is 2.56. The van der Waals surface area contributed by atoms with E-state index in [1.54, 1.807) is 4.90 Å². The Morgan fingerprint density at radius 1 is 1.03 bits per heavy atom. The number of carbonyl (C=O) groups is 3. The molecule has 1 saturated heterocycles. The van der Waals surface area contributed by atoms with Crippen molar-refractivity contribution in [3.8, 4) is 0 Å². The van der Waals surface area contributed by atoms with Gasteiger partial charge in [0.05, 0.1) is 6.42 Å². The summed E-state index contributed by atoms with van der Waals surface area (Å²) in [6, 6.07) is 0.190. The molecule has 0 radical (unpaired) electrons. The zero-order valence-electron chi connectivity index (χ0n) is 22.7. The minimum Gasteiger partial charge on any atom is -0.456 e. The second-order valence-corrected chi connectivity index (χ2v) is 9.84. The van der Waals surface area contributed by atoms with E-state index in [1.807, 2.05) is 27.7 Å². The molecule has 11 heteroatoms. The van der Waals surface area contributed by atoms with Crippen LogP contribution in [0, 0.1) is 0 Å². The van der Waals surface area contributed by atoms with E-state index in [-0.39, 0.29) is 55.5 Å². The third-order valence-corrected chi connectivity index (χ3v) is 6.89. The number of carbonyl (C=O) groups excluding carboxylic acids is 3. The summed E-state index contributed by atoms with van der Waals surface area (Å²) in [5.74, 6) is -1.45. The number of amides is 2. The quantitative estimate of drug-likeness (QED) is 0.299. The average Bonchev–Trinajstić information content (AvgIpc) is 2.84. The summed E-state index contributed by atoms with van der Waals surface area (Å²) in [7, 11) is 0. The third-order valence-electron chi connectivity index (χ3n) is 6.89. The highest BCUT2D eigenvalue weighted by Gasteiger charge is 2.30. The van der Waals surface area contributed by atoms with Crippen LogP contribution >= 0.6 is 0 Å². The lowest BCUT2D eigenvalue weighted by Gasteiger charge is -2.38. The van der Waals surface area contributed by atoms with E-state index in [0.29, 0.717) is 19.4 Å². The first-order valence-corrected chi connectivity index (χ1v) is 13.5. The molecule has 1 aliphatic heterocycles. The van der Waals surface area contributed by atoms with Gasteiger partial charge in [0.1, 0.15) is 5.82 Å². The number of anilines is 2. The van der Waals surface area contributed by atoms with Gasteiger partial charge in [0.15, 0.2) is 12.3 Å². The maximum absolute atomic E-state index is 13.2. The van der Waals surface area contributed by atoms with E-state index in [4.69, 9.17) is 10.5 Å². The fourth-order valence-electron chi connectivity index (χ4n) is 4.80. The SMILES string of the molecule is CCCCCN(C(=O)CCC(=O)OCC(=O)N1[C@@H](C)CCC[C@@H]1C)c1c(N)n(CCCC)c(=O)[nH]c1=O. The van der Waals surface area contributed by atoms with Crippen LogP contribution in [0.4, 0.5) is 11.5 Å². The Balaban J connectivity index is 2.09. The number of H-pyrrole nitrogens is 1. The summed E-state index contributed by atoms with van der Waals surface area (Å²) < 4.78 is 6.44. The number of ether oxygens (including phenoxy) is 1. The Kier molecular flexibility index (Phi) is 11.9. The third kappa shape index (κ3) is 8.19. The second kappa shape index (κ2) is 14.6. The van der Waals surface area contributed by atoms with E-state index in [9.17, 15) is 24.0 Å². The zero-order valence-corrected chi connectivity index (χ0v) is 22.7. The van der Waals surface area contributed by atoms with Gasteiger partial charge in [-0.1, -0.05) is 33.1 Å². The number of hydrogen-bond acceptors (Lipinski definition) is 7. The molecule has 2 atom stereocenters. The summed E-state index contributed by atoms with van der Waals surface area (Å²) in [5.41, 5.74) is 4.78. The number of nitrogens with one attached hydrogen (secondary N) is 1. The van der Waals surface area contributed by atoms with Gasteiger partial charge < -0.3 is 20.3 Å². The molecule has 0 bridgehead atoms. The topological polar surface area (TPSA) is 148 Å². The maximum atomic E-state index is 13.2. The highest BCUT2D eigenvalue weighted by Crippen LogP contribution is 2.23. The molecule has 11 nitrogen and oxygen atoms in total. The van der Waals surface area contributed by atoms with Crippen LogP contribution in [0.2, 0.25) is 0 Å². The molecule has 0 spiro atoms. The molecule has 1 fully saturated rings. The van der Waals surface area contributed by atoms with Crippen molar-refractivity contribution in [2.75, 3.05) is 23.8 Å². The molecule has 1 aromatic rings. The van der Waals surface area contributed by atoms with Gasteiger partial charge in [-0.05, 0) is 46.0 Å². The lowest BCUT2D eigenvalue weighted by atomic mass is 9.97. The summed E-state index contributed by atoms with van der Waals surface area (Å²) in [4.78, 5) is 68.4. The summed E-state index contributed by atoms with van der Waals surface area (Å²) >= 11 is 0. The van der Waals surface area contributed by atoms with Crippen LogP contribution in [0.15, 0.2) is 9.59 Å². The van der Waals surface area contributed by atoms with Crippen LogP contribution in [0.5, 0.6) is 0 Å². The molecule has 1 aromatic heterocycles. The molecule has 0 aromatic carbocycles. The van der Waals surface area contributed by atoms with Crippen LogP contribution in [0.25, 0.3) is 0 Å². The number of aromatic nitrogens is 2. The summed E-state index contributed by atoms with van der Waals surface area (Å²) in [5, 5.41) is 0. The van der Waals surface area contributed by atoms with Gasteiger partial charge in [0.25, 0.3) is 11.5 Å². The van der Waals surface area contributed by atoms with Crippen LogP contribution in [0.3, 0.4) is 0 Å². The number of likely N-dealkylation sites (tertiary alicyclic amines) is 1. The summed E-state index contributed by atoms with van der Waals surface area (Å²) in [6.07, 6.45) is 6.29. The van der Waals surface area contributed by atoms with Crippen molar-refractivity contribution in [1.29, 1.82) is 0 Å². The first-order valence-electron chi connectivity index (χ1n) is 13.5. The Morgan fingerprint density at radius 3 is 2.30 bits per heavy atom. The normalized spacial score (nSPS) is 17.5. The molecule has 208 valence electrons. The van der Waals surface area contributed by atoms with Crippen molar-refractivity contribution in [2.45, 2.75) is 111 Å². The number of hydrogen-bond donors (Lipinski definition) is 2. The molecule has 2 rings (SSSR count). The predicted molar refractivity (Wildman–Crippen MR) is 142 cm³/mol. The molecular formula is C26H43N5O6. The number of unbranched alkanes of at least 4 members (excludes halogenated alkanes) is 3. The number of esters is 1. The minimum absolute atomic E-state index is 0.0648. The standard InChI is InChI=1S/C26H43N5O6/c1-5-7-9-16-29(23-24(27)30(15-8-6-2)26(36)28-25(23)35)20(32)13-14-22(34)37-17-21(33)31-18(3)11-10-12-19(31)4/h18-19H,5-17,27H2,1-4H3,(H,28,35,36)/t18-,19-/m0/s1. The van der Waals surface area contributed by atoms with Crippen molar-refractivity contribution in [1.82, 2.24) is 14.5 Å². The lowest BCUT2D eigenvalue weighted by molar-refractivity contribution is -0.155. The number of piperidine rings is 1. The average molecular weight is 522 g/mol. The monoisotopic (exact) mass is 521 g/mol. The number of nitrogen functional groups attached to an aromatic ring is 1. The Labute approximate surface area is 218 Å². The van der Waals surface area contributed by atoms with E-state index in [2.05, 4.69) is 4.98 Å². The van der Waals surface area contributed by atoms with Crippen molar-refractivity contribution < 1.29 is 19.1 Å². The molecule has 3 N–H and O–H groups in total. The van der Waals surface area contributed by atoms with Crippen molar-refractivity contribution in [3.05, 3.63) is 20.8 Å². The molecule has 2 amide bonds. The fraction of sp³-hybridized carbons (Fsp3) is 0.731. The number of rotatable bonds is 13. The highest BCUT2D eigenvalue weighted by molar-refractivity contribution is 5.97. The van der Waals surface area contributed by atoms with Crippen molar-refractivity contribution >= 4 is 29.3 Å². The van der Waals surface area contributed by atoms with E-state index in [0.717, 1.165) is 38.5 Å². The molecular weight excluding hydrogens is 478 g/mol. The molecule has 2 heterocycles. The first kappa shape index (κ1) is 30.1. The van der Waals surface area contributed by atoms with Gasteiger partial charge >= 0.3 is 11.7 Å². The van der Waals surface area contributed by atoms with Crippen LogP contribution in [0.1, 0.15) is 91.9 Å². The fourth-order valence-corrected chi connectivity index (χ4v) is 4.80. The number of aromatic amines is 1. The number of nitrogens with zero attached hydrogens (tertiary/aromatic N) is 3. The van der Waals surface area contributed by atoms with Crippen molar-refractivity contribution in [2.24, 2.45) is 0 Å². The first-order chi connectivity index (χ1) is 17.6. The Hall–Kier alpha value is -3.11. The van der Waals surface area contributed by atoms with Gasteiger partial charge in [-0.3, -0.25) is 28.7 Å². The van der Waals surface area contributed by atoms with Gasteiger partial charge in [-0.2, -0.15) is 0 Å². The van der Waals surface area contributed by atoms with Gasteiger partial charge in [-0.25, -0.2) is 4.79 Å². The lowest BCUT2D eigenvalue weighted by Crippen LogP contribution is -2.49. The van der Waals surface area contributed by atoms with E-state index >= 15 is 0 Å². The molecule has 0 unspecified atom stereocenters. The van der Waals surface area contributed by atoms with Crippen LogP contribution in [-0.4, -0.2) is 57.5 Å². The van der Waals surface area contributed by atoms with Crippen LogP contribution < -0.4 is 21.9 Å². The van der Waals surface area contributed by atoms with E-state index in [1.165, 1.54) is 9.47 Å². The largest absolute Gasteiger partial charge is 0.456 e. The summed E-state index contributed by atoms with van der Waals surface area (Å²) in [6.45, 7) is 8.13. The Morgan fingerprint density at radius 2 is 1.68 bits per heavy atom. The molecule has 37 heavy (non-hydrogen) atoms. The van der Waals surface area contributed by atoms with Crippen LogP contribution in [-0.2, 0) is 25.7 Å². The molecule has 0 saturated carbocycles. The van der Waals surface area contributed by atoms with Gasteiger partial charge in [0.2, 0.25) is 5.91 Å². The van der Waals surface area contributed by atoms with Crippen molar-refractivity contribution in [3.63, 3.8) is 0 Å². The van der Waals surface area contributed by atoms with E-state index < -0.39 is 23.1 Å². The van der Waals surface area contributed by atoms with Gasteiger partial charge in [-0.15, -0.1) is 0 Å². The maximum Gasteiger partial charge on any atom is 0.330 e. The second-order valence-electron chi connectivity index (χ2n) is 9.84. The molecule has 0 aliphatic carbocycles. The Bertz CT molecular complexity index is 1040. The molecule has 1 aliphatic rings. The smallest absolute Gasteiger partial charge is 0.330 e. The number of nitrogens with two attached hydrogens (primary N) is 1. The van der Waals surface area contributed by atoms with Gasteiger partial charge in [0, 0.05) is 31.6 Å². The zero-order chi connectivity index (χ0) is 27.5. The highest BCUT2D eigenvalue weighted by atomic mass is 16.5. The minimum atomic E-state index is -0.738.